The van der Waals surface area contributed by atoms with Gasteiger partial charge in [0.1, 0.15) is 12.7 Å². The van der Waals surface area contributed by atoms with E-state index in [1.807, 2.05) is 0 Å². The summed E-state index contributed by atoms with van der Waals surface area (Å²) in [7, 11) is 0. The number of esters is 4. The maximum atomic E-state index is 13.3. The van der Waals surface area contributed by atoms with Gasteiger partial charge >= 0.3 is 23.9 Å². The Morgan fingerprint density at radius 2 is 0.881 bits per heavy atom. The summed E-state index contributed by atoms with van der Waals surface area (Å²) in [6.45, 7) is 24.5. The standard InChI is InChI=1S/C31H53NO10/c1-27(2,3)22(33)32-21-20(42-26(37)31(13,14)15)19(41-25(36)30(10,11)12)18(40-24(35)29(7,8)9)17(39-21)16-38-23(34)28(4,5)6/h17-21H,16H2,1-15H3,(H,32,33). The highest BCUT2D eigenvalue weighted by Gasteiger charge is 2.55. The highest BCUT2D eigenvalue weighted by molar-refractivity contribution is 5.82. The number of rotatable bonds is 6. The van der Waals surface area contributed by atoms with E-state index in [1.165, 1.54) is 0 Å². The molecule has 1 heterocycles. The van der Waals surface area contributed by atoms with E-state index in [9.17, 15) is 24.0 Å². The van der Waals surface area contributed by atoms with Crippen molar-refractivity contribution < 1.29 is 47.7 Å². The molecule has 0 aliphatic carbocycles. The van der Waals surface area contributed by atoms with Gasteiger partial charge in [-0.15, -0.1) is 0 Å². The second-order valence-electron chi connectivity index (χ2n) is 16.0. The van der Waals surface area contributed by atoms with E-state index in [2.05, 4.69) is 5.32 Å². The Morgan fingerprint density at radius 3 is 1.24 bits per heavy atom. The first-order valence-corrected chi connectivity index (χ1v) is 14.3. The number of carbonyl (C=O) groups is 5. The predicted molar refractivity (Wildman–Crippen MR) is 155 cm³/mol. The van der Waals surface area contributed by atoms with Crippen LogP contribution in [-0.2, 0) is 47.7 Å². The van der Waals surface area contributed by atoms with E-state index in [4.69, 9.17) is 23.7 Å². The first kappa shape index (κ1) is 37.3. The van der Waals surface area contributed by atoms with Crippen LogP contribution in [0.4, 0.5) is 0 Å². The van der Waals surface area contributed by atoms with Crippen LogP contribution in [0, 0.1) is 27.1 Å². The molecule has 0 spiro atoms. The molecule has 1 saturated heterocycles. The first-order chi connectivity index (χ1) is 18.6. The first-order valence-electron chi connectivity index (χ1n) is 14.3. The molecule has 0 aromatic heterocycles. The molecule has 1 fully saturated rings. The van der Waals surface area contributed by atoms with Crippen molar-refractivity contribution in [1.29, 1.82) is 0 Å². The molecule has 242 valence electrons. The molecule has 1 N–H and O–H groups in total. The van der Waals surface area contributed by atoms with Crippen molar-refractivity contribution in [3.05, 3.63) is 0 Å². The van der Waals surface area contributed by atoms with Gasteiger partial charge < -0.3 is 29.0 Å². The highest BCUT2D eigenvalue weighted by Crippen LogP contribution is 2.34. The number of hydrogen-bond acceptors (Lipinski definition) is 10. The van der Waals surface area contributed by atoms with Gasteiger partial charge in [-0.1, -0.05) is 20.8 Å². The molecule has 0 saturated carbocycles. The fraction of sp³-hybridized carbons (Fsp3) is 0.839. The normalized spacial score (nSPS) is 23.8. The maximum absolute atomic E-state index is 13.3. The Hall–Kier alpha value is -2.69. The Morgan fingerprint density at radius 1 is 0.524 bits per heavy atom. The van der Waals surface area contributed by atoms with Gasteiger partial charge in [-0.05, 0) is 83.1 Å². The fourth-order valence-corrected chi connectivity index (χ4v) is 3.19. The van der Waals surface area contributed by atoms with Crippen LogP contribution in [0.3, 0.4) is 0 Å². The zero-order chi connectivity index (χ0) is 33.2. The quantitative estimate of drug-likeness (QED) is 0.346. The summed E-state index contributed by atoms with van der Waals surface area (Å²) in [6, 6.07) is 0. The third kappa shape index (κ3) is 10.5. The summed E-state index contributed by atoms with van der Waals surface area (Å²) in [5, 5.41) is 2.75. The van der Waals surface area contributed by atoms with Gasteiger partial charge in [0.2, 0.25) is 5.91 Å². The summed E-state index contributed by atoms with van der Waals surface area (Å²) in [5.41, 5.74) is -4.67. The molecule has 0 aromatic rings. The van der Waals surface area contributed by atoms with E-state index in [-0.39, 0.29) is 0 Å². The van der Waals surface area contributed by atoms with Crippen LogP contribution in [0.2, 0.25) is 0 Å². The van der Waals surface area contributed by atoms with Crippen molar-refractivity contribution in [3.8, 4) is 0 Å². The lowest BCUT2D eigenvalue weighted by atomic mass is 9.91. The van der Waals surface area contributed by atoms with E-state index < -0.39 is 94.1 Å². The van der Waals surface area contributed by atoms with Gasteiger partial charge in [-0.2, -0.15) is 0 Å². The van der Waals surface area contributed by atoms with Crippen LogP contribution in [0.5, 0.6) is 0 Å². The van der Waals surface area contributed by atoms with E-state index in [0.29, 0.717) is 0 Å². The highest BCUT2D eigenvalue weighted by atomic mass is 16.7. The van der Waals surface area contributed by atoms with E-state index >= 15 is 0 Å². The summed E-state index contributed by atoms with van der Waals surface area (Å²) in [5.74, 6) is -2.98. The molecule has 5 atom stereocenters. The zero-order valence-electron chi connectivity index (χ0n) is 28.2. The molecule has 1 rings (SSSR count). The molecule has 0 bridgehead atoms. The molecule has 1 aliphatic rings. The topological polar surface area (TPSA) is 144 Å². The maximum Gasteiger partial charge on any atom is 0.311 e. The molecule has 1 amide bonds. The van der Waals surface area contributed by atoms with Crippen molar-refractivity contribution in [2.75, 3.05) is 6.61 Å². The van der Waals surface area contributed by atoms with Gasteiger partial charge in [-0.3, -0.25) is 24.0 Å². The van der Waals surface area contributed by atoms with Crippen molar-refractivity contribution in [3.63, 3.8) is 0 Å². The minimum Gasteiger partial charge on any atom is -0.462 e. The molecule has 0 aromatic carbocycles. The number of hydrogen-bond donors (Lipinski definition) is 1. The minimum absolute atomic E-state index is 0.399. The smallest absolute Gasteiger partial charge is 0.311 e. The zero-order valence-corrected chi connectivity index (χ0v) is 28.2. The average molecular weight is 600 g/mol. The monoisotopic (exact) mass is 599 g/mol. The lowest BCUT2D eigenvalue weighted by Crippen LogP contribution is -2.67. The van der Waals surface area contributed by atoms with Crippen molar-refractivity contribution in [2.45, 2.75) is 134 Å². The Kier molecular flexibility index (Phi) is 11.5. The summed E-state index contributed by atoms with van der Waals surface area (Å²) < 4.78 is 29.5. The van der Waals surface area contributed by atoms with Crippen LogP contribution in [0.25, 0.3) is 0 Å². The minimum atomic E-state index is -1.42. The SMILES string of the molecule is CC(C)(C)C(=O)NC1OC(COC(=O)C(C)(C)C)C(OC(=O)C(C)(C)C)C(OC(=O)C(C)(C)C)C1OC(=O)C(C)(C)C. The lowest BCUT2D eigenvalue weighted by Gasteiger charge is -2.46. The third-order valence-corrected chi connectivity index (χ3v) is 6.15. The van der Waals surface area contributed by atoms with E-state index in [0.717, 1.165) is 0 Å². The van der Waals surface area contributed by atoms with Crippen LogP contribution in [-0.4, -0.2) is 67.0 Å². The van der Waals surface area contributed by atoms with Crippen LogP contribution < -0.4 is 5.32 Å². The molecule has 11 heteroatoms. The van der Waals surface area contributed by atoms with Gasteiger partial charge in [-0.25, -0.2) is 0 Å². The second kappa shape index (κ2) is 12.9. The molecular formula is C31H53NO10. The number of nitrogens with one attached hydrogen (secondary N) is 1. The largest absolute Gasteiger partial charge is 0.462 e. The molecule has 11 nitrogen and oxygen atoms in total. The third-order valence-electron chi connectivity index (χ3n) is 6.15. The predicted octanol–water partition coefficient (Wildman–Crippen LogP) is 4.34. The van der Waals surface area contributed by atoms with Crippen molar-refractivity contribution in [1.82, 2.24) is 5.32 Å². The lowest BCUT2D eigenvalue weighted by molar-refractivity contribution is -0.264. The van der Waals surface area contributed by atoms with Crippen LogP contribution in [0.1, 0.15) is 104 Å². The number of carbonyl (C=O) groups excluding carboxylic acids is 5. The molecule has 5 unspecified atom stereocenters. The van der Waals surface area contributed by atoms with Crippen LogP contribution >= 0.6 is 0 Å². The molecular weight excluding hydrogens is 546 g/mol. The van der Waals surface area contributed by atoms with Crippen molar-refractivity contribution in [2.24, 2.45) is 27.1 Å². The van der Waals surface area contributed by atoms with Gasteiger partial charge in [0.25, 0.3) is 0 Å². The average Bonchev–Trinajstić information content (AvgIpc) is 2.77. The Labute approximate surface area is 251 Å². The number of amides is 1. The summed E-state index contributed by atoms with van der Waals surface area (Å²) in [4.78, 5) is 65.4. The second-order valence-corrected chi connectivity index (χ2v) is 16.0. The number of ether oxygens (including phenoxy) is 5. The summed E-state index contributed by atoms with van der Waals surface area (Å²) >= 11 is 0. The van der Waals surface area contributed by atoms with Gasteiger partial charge in [0.15, 0.2) is 24.5 Å². The van der Waals surface area contributed by atoms with Gasteiger partial charge in [0, 0.05) is 5.41 Å². The van der Waals surface area contributed by atoms with Crippen LogP contribution in [0.15, 0.2) is 0 Å². The summed E-state index contributed by atoms with van der Waals surface area (Å²) in [6.07, 6.45) is -6.75. The molecule has 1 aliphatic heterocycles. The fourth-order valence-electron chi connectivity index (χ4n) is 3.19. The van der Waals surface area contributed by atoms with Crippen molar-refractivity contribution >= 4 is 29.8 Å². The van der Waals surface area contributed by atoms with E-state index in [1.54, 1.807) is 104 Å². The Bertz CT molecular complexity index is 1010. The van der Waals surface area contributed by atoms with Gasteiger partial charge in [0.05, 0.1) is 21.7 Å². The molecule has 0 radical (unpaired) electrons. The Balaban J connectivity index is 3.82. The molecule has 42 heavy (non-hydrogen) atoms.